The summed E-state index contributed by atoms with van der Waals surface area (Å²) in [4.78, 5) is 1.07. The summed E-state index contributed by atoms with van der Waals surface area (Å²) in [7, 11) is 1.53. The first-order chi connectivity index (χ1) is 8.69. The number of thioether (sulfide) groups is 1. The molecule has 0 aromatic heterocycles. The molecule has 4 heteroatoms. The molecule has 0 spiro atoms. The number of nitrogen functional groups attached to an aromatic ring is 1. The van der Waals surface area contributed by atoms with Crippen LogP contribution in [-0.2, 0) is 5.75 Å². The van der Waals surface area contributed by atoms with E-state index in [1.807, 2.05) is 24.3 Å². The van der Waals surface area contributed by atoms with E-state index in [4.69, 9.17) is 10.5 Å². The Morgan fingerprint density at radius 2 is 1.89 bits per heavy atom. The number of ether oxygens (including phenoxy) is 1. The summed E-state index contributed by atoms with van der Waals surface area (Å²) < 4.78 is 18.7. The number of nitrogens with two attached hydrogens (primary N) is 1. The monoisotopic (exact) mass is 263 g/mol. The van der Waals surface area contributed by atoms with Crippen LogP contribution < -0.4 is 10.5 Å². The van der Waals surface area contributed by atoms with E-state index in [9.17, 15) is 4.39 Å². The van der Waals surface area contributed by atoms with Crippen LogP contribution in [0.4, 0.5) is 10.1 Å². The lowest BCUT2D eigenvalue weighted by atomic mass is 10.2. The van der Waals surface area contributed by atoms with Crippen molar-refractivity contribution in [2.45, 2.75) is 10.6 Å². The normalized spacial score (nSPS) is 10.3. The van der Waals surface area contributed by atoms with E-state index in [-0.39, 0.29) is 5.82 Å². The van der Waals surface area contributed by atoms with Crippen LogP contribution in [0.5, 0.6) is 5.75 Å². The lowest BCUT2D eigenvalue weighted by Crippen LogP contribution is -1.90. The molecule has 2 aromatic carbocycles. The fourth-order valence-corrected chi connectivity index (χ4v) is 2.38. The lowest BCUT2D eigenvalue weighted by Gasteiger charge is -2.06. The molecule has 0 heterocycles. The molecule has 0 unspecified atom stereocenters. The standard InChI is InChI=1S/C14H14FNOS/c1-17-12-5-2-10(14(15)8-12)9-18-13-6-3-11(16)4-7-13/h2-8H,9,16H2,1H3. The van der Waals surface area contributed by atoms with Crippen LogP contribution in [0.2, 0.25) is 0 Å². The van der Waals surface area contributed by atoms with Gasteiger partial charge in [0.05, 0.1) is 7.11 Å². The number of rotatable bonds is 4. The zero-order chi connectivity index (χ0) is 13.0. The van der Waals surface area contributed by atoms with Crippen LogP contribution in [0.1, 0.15) is 5.56 Å². The maximum Gasteiger partial charge on any atom is 0.130 e. The van der Waals surface area contributed by atoms with Gasteiger partial charge in [0.1, 0.15) is 11.6 Å². The predicted octanol–water partition coefficient (Wildman–Crippen LogP) is 3.71. The summed E-state index contributed by atoms with van der Waals surface area (Å²) in [5.41, 5.74) is 7.00. The number of hydrogen-bond acceptors (Lipinski definition) is 3. The largest absolute Gasteiger partial charge is 0.497 e. The first-order valence-electron chi connectivity index (χ1n) is 5.50. The molecule has 0 aliphatic heterocycles. The average molecular weight is 263 g/mol. The molecule has 0 bridgehead atoms. The van der Waals surface area contributed by atoms with Crippen molar-refractivity contribution in [1.29, 1.82) is 0 Å². The highest BCUT2D eigenvalue weighted by atomic mass is 32.2. The fourth-order valence-electron chi connectivity index (χ4n) is 1.50. The van der Waals surface area contributed by atoms with Crippen molar-refractivity contribution in [2.24, 2.45) is 0 Å². The first kappa shape index (κ1) is 12.8. The molecule has 18 heavy (non-hydrogen) atoms. The van der Waals surface area contributed by atoms with E-state index in [0.29, 0.717) is 17.1 Å². The van der Waals surface area contributed by atoms with Gasteiger partial charge in [0.2, 0.25) is 0 Å². The summed E-state index contributed by atoms with van der Waals surface area (Å²) in [6.45, 7) is 0. The van der Waals surface area contributed by atoms with Crippen molar-refractivity contribution in [3.8, 4) is 5.75 Å². The van der Waals surface area contributed by atoms with Gasteiger partial charge in [-0.3, -0.25) is 0 Å². The summed E-state index contributed by atoms with van der Waals surface area (Å²) in [5, 5.41) is 0. The van der Waals surface area contributed by atoms with Gasteiger partial charge in [-0.1, -0.05) is 6.07 Å². The second-order valence-corrected chi connectivity index (χ2v) is 4.86. The number of halogens is 1. The molecule has 94 valence electrons. The van der Waals surface area contributed by atoms with Crippen LogP contribution in [0, 0.1) is 5.82 Å². The minimum absolute atomic E-state index is 0.239. The highest BCUT2D eigenvalue weighted by molar-refractivity contribution is 7.98. The van der Waals surface area contributed by atoms with Crippen molar-refractivity contribution in [1.82, 2.24) is 0 Å². The van der Waals surface area contributed by atoms with Gasteiger partial charge < -0.3 is 10.5 Å². The summed E-state index contributed by atoms with van der Waals surface area (Å²) >= 11 is 1.57. The maximum atomic E-state index is 13.7. The number of benzene rings is 2. The number of methoxy groups -OCH3 is 1. The molecule has 0 amide bonds. The molecule has 0 atom stereocenters. The van der Waals surface area contributed by atoms with Crippen molar-refractivity contribution in [2.75, 3.05) is 12.8 Å². The maximum absolute atomic E-state index is 13.7. The van der Waals surface area contributed by atoms with E-state index < -0.39 is 0 Å². The Hall–Kier alpha value is -1.68. The van der Waals surface area contributed by atoms with Gasteiger partial charge in [0.15, 0.2) is 0 Å². The third-order valence-electron chi connectivity index (χ3n) is 2.53. The molecule has 2 nitrogen and oxygen atoms in total. The molecule has 2 N–H and O–H groups in total. The molecule has 0 fully saturated rings. The second kappa shape index (κ2) is 5.78. The molecule has 2 aromatic rings. The topological polar surface area (TPSA) is 35.2 Å². The summed E-state index contributed by atoms with van der Waals surface area (Å²) in [6, 6.07) is 12.5. The van der Waals surface area contributed by atoms with Gasteiger partial charge >= 0.3 is 0 Å². The van der Waals surface area contributed by atoms with Crippen molar-refractivity contribution in [3.05, 3.63) is 53.8 Å². The van der Waals surface area contributed by atoms with E-state index in [1.54, 1.807) is 23.9 Å². The molecule has 0 radical (unpaired) electrons. The van der Waals surface area contributed by atoms with Crippen LogP contribution in [-0.4, -0.2) is 7.11 Å². The van der Waals surface area contributed by atoms with Gasteiger partial charge in [-0.15, -0.1) is 11.8 Å². The molecular formula is C14H14FNOS. The minimum atomic E-state index is -0.239. The van der Waals surface area contributed by atoms with Crippen molar-refractivity contribution >= 4 is 17.4 Å². The Morgan fingerprint density at radius 3 is 2.50 bits per heavy atom. The second-order valence-electron chi connectivity index (χ2n) is 3.82. The Kier molecular flexibility index (Phi) is 4.10. The minimum Gasteiger partial charge on any atom is -0.497 e. The average Bonchev–Trinajstić information content (AvgIpc) is 2.39. The van der Waals surface area contributed by atoms with E-state index >= 15 is 0 Å². The molecule has 0 saturated heterocycles. The summed E-state index contributed by atoms with van der Waals surface area (Å²) in [5.74, 6) is 0.880. The van der Waals surface area contributed by atoms with Crippen LogP contribution in [0.25, 0.3) is 0 Å². The Balaban J connectivity index is 2.04. The lowest BCUT2D eigenvalue weighted by molar-refractivity contribution is 0.411. The molecule has 0 aliphatic rings. The Labute approximate surface area is 110 Å². The molecule has 0 saturated carbocycles. The Bertz CT molecular complexity index is 528. The van der Waals surface area contributed by atoms with E-state index in [1.165, 1.54) is 13.2 Å². The van der Waals surface area contributed by atoms with Crippen LogP contribution in [0.3, 0.4) is 0 Å². The predicted molar refractivity (Wildman–Crippen MR) is 73.4 cm³/mol. The molecule has 0 aliphatic carbocycles. The third-order valence-corrected chi connectivity index (χ3v) is 3.60. The zero-order valence-corrected chi connectivity index (χ0v) is 10.8. The highest BCUT2D eigenvalue weighted by Crippen LogP contribution is 2.26. The first-order valence-corrected chi connectivity index (χ1v) is 6.48. The number of anilines is 1. The van der Waals surface area contributed by atoms with Crippen LogP contribution in [0.15, 0.2) is 47.4 Å². The third kappa shape index (κ3) is 3.17. The SMILES string of the molecule is COc1ccc(CSc2ccc(N)cc2)c(F)c1. The molecule has 2 rings (SSSR count). The zero-order valence-electron chi connectivity index (χ0n) is 10.0. The van der Waals surface area contributed by atoms with Gasteiger partial charge in [0, 0.05) is 22.4 Å². The fraction of sp³-hybridized carbons (Fsp3) is 0.143. The summed E-state index contributed by atoms with van der Waals surface area (Å²) in [6.07, 6.45) is 0. The quantitative estimate of drug-likeness (QED) is 0.674. The molecular weight excluding hydrogens is 249 g/mol. The van der Waals surface area contributed by atoms with Gasteiger partial charge in [0.25, 0.3) is 0 Å². The van der Waals surface area contributed by atoms with Gasteiger partial charge in [-0.25, -0.2) is 4.39 Å². The van der Waals surface area contributed by atoms with Gasteiger partial charge in [-0.05, 0) is 35.9 Å². The van der Waals surface area contributed by atoms with Gasteiger partial charge in [-0.2, -0.15) is 0 Å². The van der Waals surface area contributed by atoms with Crippen molar-refractivity contribution in [3.63, 3.8) is 0 Å². The number of hydrogen-bond donors (Lipinski definition) is 1. The van der Waals surface area contributed by atoms with E-state index in [0.717, 1.165) is 10.6 Å². The highest BCUT2D eigenvalue weighted by Gasteiger charge is 2.04. The van der Waals surface area contributed by atoms with Crippen LogP contribution >= 0.6 is 11.8 Å². The van der Waals surface area contributed by atoms with E-state index in [2.05, 4.69) is 0 Å². The van der Waals surface area contributed by atoms with Crippen molar-refractivity contribution < 1.29 is 9.13 Å². The smallest absolute Gasteiger partial charge is 0.130 e. The Morgan fingerprint density at radius 1 is 1.17 bits per heavy atom.